The number of hydrogen-bond acceptors (Lipinski definition) is 6. The molecule has 9 nitrogen and oxygen atoms in total. The number of benzene rings is 3. The lowest BCUT2D eigenvalue weighted by molar-refractivity contribution is -0.114. The highest BCUT2D eigenvalue weighted by Gasteiger charge is 2.24. The van der Waals surface area contributed by atoms with E-state index in [9.17, 15) is 26.8 Å². The Bertz CT molecular complexity index is 1980. The van der Waals surface area contributed by atoms with Crippen LogP contribution in [0.5, 0.6) is 11.5 Å². The van der Waals surface area contributed by atoms with Gasteiger partial charge in [0.05, 0.1) is 11.4 Å². The molecule has 0 saturated heterocycles. The first kappa shape index (κ1) is 27.7. The van der Waals surface area contributed by atoms with Gasteiger partial charge in [-0.3, -0.25) is 9.59 Å². The van der Waals surface area contributed by atoms with E-state index in [1.54, 1.807) is 12.1 Å². The molecule has 0 radical (unpaired) electrons. The van der Waals surface area contributed by atoms with Crippen LogP contribution in [0.4, 0.5) is 14.5 Å². The van der Waals surface area contributed by atoms with E-state index in [2.05, 4.69) is 5.32 Å². The third kappa shape index (κ3) is 5.22. The van der Waals surface area contributed by atoms with Gasteiger partial charge in [0.25, 0.3) is 15.6 Å². The minimum absolute atomic E-state index is 0.00430. The van der Waals surface area contributed by atoms with Crippen molar-refractivity contribution in [2.24, 2.45) is 12.8 Å². The molecule has 2 heterocycles. The number of aromatic nitrogens is 2. The van der Waals surface area contributed by atoms with Crippen molar-refractivity contribution in [2.75, 3.05) is 11.9 Å². The van der Waals surface area contributed by atoms with Crippen molar-refractivity contribution in [1.82, 2.24) is 8.54 Å². The second-order valence-corrected chi connectivity index (χ2v) is 11.1. The summed E-state index contributed by atoms with van der Waals surface area (Å²) in [6, 6.07) is 15.0. The number of fused-ring (bicyclic) bond motifs is 1. The fraction of sp³-hybridized carbons (Fsp3) is 0.103. The summed E-state index contributed by atoms with van der Waals surface area (Å²) in [4.78, 5) is 25.3. The van der Waals surface area contributed by atoms with Crippen molar-refractivity contribution in [1.29, 1.82) is 0 Å². The van der Waals surface area contributed by atoms with Gasteiger partial charge in [0.15, 0.2) is 11.6 Å². The van der Waals surface area contributed by atoms with Gasteiger partial charge in [0, 0.05) is 47.7 Å². The summed E-state index contributed by atoms with van der Waals surface area (Å²) in [5, 5.41) is 2.89. The molecule has 41 heavy (non-hydrogen) atoms. The molecule has 0 saturated carbocycles. The Labute approximate surface area is 233 Å². The number of ether oxygens (including phenoxy) is 1. The van der Waals surface area contributed by atoms with Crippen LogP contribution < -0.4 is 21.3 Å². The standard InChI is InChI=1S/C29H24F2N4O5S/c1-17-3-7-20(8-4-17)41(38,39)35-12-11-21-23(16-34(2)29(37)28(21)35)22-14-19(33-27(36)15-32)6-10-25(22)40-26-9-5-18(30)13-24(26)31/h3-14,16H,15,32H2,1-2H3,(H,33,36). The molecular formula is C29H24F2N4O5S. The number of aryl methyl sites for hydroxylation is 2. The molecule has 0 bridgehead atoms. The molecule has 0 atom stereocenters. The maximum atomic E-state index is 14.5. The number of amides is 1. The summed E-state index contributed by atoms with van der Waals surface area (Å²) in [6.45, 7) is 1.54. The number of carbonyl (C=O) groups is 1. The van der Waals surface area contributed by atoms with E-state index in [4.69, 9.17) is 10.5 Å². The van der Waals surface area contributed by atoms with Crippen molar-refractivity contribution in [2.45, 2.75) is 11.8 Å². The minimum Gasteiger partial charge on any atom is -0.454 e. The zero-order valence-corrected chi connectivity index (χ0v) is 22.7. The molecule has 0 spiro atoms. The van der Waals surface area contributed by atoms with Crippen LogP contribution in [0.2, 0.25) is 0 Å². The van der Waals surface area contributed by atoms with Crippen LogP contribution in [0, 0.1) is 18.6 Å². The second-order valence-electron chi connectivity index (χ2n) is 9.29. The first-order valence-electron chi connectivity index (χ1n) is 12.3. The van der Waals surface area contributed by atoms with Gasteiger partial charge < -0.3 is 20.4 Å². The summed E-state index contributed by atoms with van der Waals surface area (Å²) in [5.74, 6) is -2.39. The highest BCUT2D eigenvalue weighted by Crippen LogP contribution is 2.39. The third-order valence-electron chi connectivity index (χ3n) is 6.42. The number of carbonyl (C=O) groups excluding carboxylic acids is 1. The molecule has 3 aromatic carbocycles. The van der Waals surface area contributed by atoms with Gasteiger partial charge in [-0.05, 0) is 55.5 Å². The Hall–Kier alpha value is -4.81. The molecule has 1 amide bonds. The lowest BCUT2D eigenvalue weighted by Crippen LogP contribution is -2.22. The highest BCUT2D eigenvalue weighted by molar-refractivity contribution is 7.90. The van der Waals surface area contributed by atoms with E-state index in [1.165, 1.54) is 60.4 Å². The summed E-state index contributed by atoms with van der Waals surface area (Å²) in [7, 11) is -2.70. The van der Waals surface area contributed by atoms with Crippen LogP contribution in [0.3, 0.4) is 0 Å². The summed E-state index contributed by atoms with van der Waals surface area (Å²) >= 11 is 0. The Morgan fingerprint density at radius 3 is 2.37 bits per heavy atom. The van der Waals surface area contributed by atoms with Crippen molar-refractivity contribution in [3.63, 3.8) is 0 Å². The Morgan fingerprint density at radius 1 is 0.976 bits per heavy atom. The normalized spacial score (nSPS) is 11.5. The quantitative estimate of drug-likeness (QED) is 0.293. The van der Waals surface area contributed by atoms with E-state index in [-0.39, 0.29) is 39.4 Å². The molecule has 0 aliphatic heterocycles. The maximum absolute atomic E-state index is 14.5. The van der Waals surface area contributed by atoms with E-state index in [1.807, 2.05) is 6.92 Å². The molecule has 0 aliphatic rings. The Morgan fingerprint density at radius 2 is 1.68 bits per heavy atom. The zero-order chi connectivity index (χ0) is 29.5. The maximum Gasteiger partial charge on any atom is 0.275 e. The summed E-state index contributed by atoms with van der Waals surface area (Å²) in [5.41, 5.74) is 6.55. The monoisotopic (exact) mass is 578 g/mol. The summed E-state index contributed by atoms with van der Waals surface area (Å²) in [6.07, 6.45) is 2.76. The van der Waals surface area contributed by atoms with Crippen LogP contribution in [-0.2, 0) is 21.9 Å². The average Bonchev–Trinajstić information content (AvgIpc) is 3.40. The van der Waals surface area contributed by atoms with Crippen LogP contribution in [0.25, 0.3) is 22.0 Å². The number of nitrogens with two attached hydrogens (primary N) is 1. The van der Waals surface area contributed by atoms with Gasteiger partial charge >= 0.3 is 0 Å². The third-order valence-corrected chi connectivity index (χ3v) is 8.11. The second kappa shape index (κ2) is 10.6. The Balaban J connectivity index is 1.74. The van der Waals surface area contributed by atoms with E-state index in [0.29, 0.717) is 17.3 Å². The van der Waals surface area contributed by atoms with Gasteiger partial charge in [-0.25, -0.2) is 21.2 Å². The lowest BCUT2D eigenvalue weighted by atomic mass is 10.0. The summed E-state index contributed by atoms with van der Waals surface area (Å²) < 4.78 is 63.1. The number of anilines is 1. The molecule has 0 aliphatic carbocycles. The number of hydrogen-bond donors (Lipinski definition) is 2. The topological polar surface area (TPSA) is 125 Å². The molecule has 5 rings (SSSR count). The van der Waals surface area contributed by atoms with Gasteiger partial charge in [-0.15, -0.1) is 0 Å². The number of halogens is 2. The van der Waals surface area contributed by atoms with Crippen LogP contribution in [-0.4, -0.2) is 29.4 Å². The van der Waals surface area contributed by atoms with Crippen LogP contribution >= 0.6 is 0 Å². The van der Waals surface area contributed by atoms with E-state index >= 15 is 0 Å². The molecule has 0 fully saturated rings. The highest BCUT2D eigenvalue weighted by atomic mass is 32.2. The number of pyridine rings is 1. The first-order valence-corrected chi connectivity index (χ1v) is 13.7. The fourth-order valence-corrected chi connectivity index (χ4v) is 5.71. The van der Waals surface area contributed by atoms with Crippen molar-refractivity contribution in [3.8, 4) is 22.6 Å². The molecule has 3 N–H and O–H groups in total. The van der Waals surface area contributed by atoms with Crippen LogP contribution in [0.1, 0.15) is 5.56 Å². The van der Waals surface area contributed by atoms with Gasteiger partial charge in [0.2, 0.25) is 5.91 Å². The number of nitrogens with one attached hydrogen (secondary N) is 1. The first-order chi connectivity index (χ1) is 19.5. The predicted molar refractivity (Wildman–Crippen MR) is 150 cm³/mol. The number of nitrogens with zero attached hydrogens (tertiary/aromatic N) is 2. The average molecular weight is 579 g/mol. The van der Waals surface area contributed by atoms with Gasteiger partial charge in [-0.2, -0.15) is 0 Å². The molecule has 0 unspecified atom stereocenters. The SMILES string of the molecule is Cc1ccc(S(=O)(=O)n2ccc3c(-c4cc(NC(=O)CN)ccc4Oc4ccc(F)cc4F)cn(C)c(=O)c32)cc1. The zero-order valence-electron chi connectivity index (χ0n) is 21.9. The molecule has 2 aromatic heterocycles. The smallest absolute Gasteiger partial charge is 0.275 e. The van der Waals surface area contributed by atoms with Gasteiger partial charge in [-0.1, -0.05) is 17.7 Å². The van der Waals surface area contributed by atoms with E-state index < -0.39 is 33.1 Å². The Kier molecular flexibility index (Phi) is 7.20. The fourth-order valence-electron chi connectivity index (χ4n) is 4.36. The molecule has 12 heteroatoms. The molecule has 210 valence electrons. The van der Waals surface area contributed by atoms with Crippen molar-refractivity contribution >= 4 is 32.5 Å². The molecule has 5 aromatic rings. The number of rotatable bonds is 7. The van der Waals surface area contributed by atoms with Gasteiger partial charge in [0.1, 0.15) is 17.1 Å². The predicted octanol–water partition coefficient (Wildman–Crippen LogP) is 4.52. The minimum atomic E-state index is -4.16. The largest absolute Gasteiger partial charge is 0.454 e. The van der Waals surface area contributed by atoms with Crippen molar-refractivity contribution in [3.05, 3.63) is 107 Å². The van der Waals surface area contributed by atoms with Crippen molar-refractivity contribution < 1.29 is 26.7 Å². The van der Waals surface area contributed by atoms with E-state index in [0.717, 1.165) is 21.7 Å². The van der Waals surface area contributed by atoms with Crippen LogP contribution in [0.15, 0.2) is 88.8 Å². The lowest BCUT2D eigenvalue weighted by Gasteiger charge is -2.16. The molecular weight excluding hydrogens is 554 g/mol.